The average molecular weight is 250 g/mol. The zero-order valence-corrected chi connectivity index (χ0v) is 10.1. The first-order chi connectivity index (χ1) is 7.46. The van der Waals surface area contributed by atoms with Crippen molar-refractivity contribution in [3.63, 3.8) is 0 Å². The van der Waals surface area contributed by atoms with E-state index in [0.29, 0.717) is 25.9 Å². The summed E-state index contributed by atoms with van der Waals surface area (Å²) < 4.78 is 12.0. The minimum Gasteiger partial charge on any atom is -0.480 e. The maximum absolute atomic E-state index is 12.0. The standard InChI is InChI=1S/C9H19N2O4P/c10-4-2-1-3-9(8(12)13)7-11-5-6-16(9,14)15/h11H,1-7,10H2,(H,12,13)(H,14,15). The van der Waals surface area contributed by atoms with Crippen molar-refractivity contribution in [2.75, 3.05) is 25.8 Å². The fourth-order valence-corrected chi connectivity index (χ4v) is 4.07. The van der Waals surface area contributed by atoms with E-state index in [1.54, 1.807) is 0 Å². The molecule has 6 nitrogen and oxygen atoms in total. The van der Waals surface area contributed by atoms with Gasteiger partial charge < -0.3 is 21.1 Å². The maximum Gasteiger partial charge on any atom is 0.320 e. The summed E-state index contributed by atoms with van der Waals surface area (Å²) in [4.78, 5) is 21.1. The minimum absolute atomic E-state index is 0.0297. The maximum atomic E-state index is 12.0. The molecule has 1 fully saturated rings. The van der Waals surface area contributed by atoms with Gasteiger partial charge in [0.1, 0.15) is 0 Å². The van der Waals surface area contributed by atoms with Crippen LogP contribution in [0.5, 0.6) is 0 Å². The summed E-state index contributed by atoms with van der Waals surface area (Å²) in [5, 5.41) is 10.6. The predicted molar refractivity (Wildman–Crippen MR) is 60.8 cm³/mol. The van der Waals surface area contributed by atoms with Crippen LogP contribution in [0, 0.1) is 0 Å². The molecule has 5 N–H and O–H groups in total. The van der Waals surface area contributed by atoms with E-state index in [-0.39, 0.29) is 19.1 Å². The molecule has 0 amide bonds. The van der Waals surface area contributed by atoms with E-state index in [4.69, 9.17) is 5.73 Å². The molecule has 2 unspecified atom stereocenters. The lowest BCUT2D eigenvalue weighted by atomic mass is 10.0. The molecule has 1 aliphatic heterocycles. The summed E-state index contributed by atoms with van der Waals surface area (Å²) in [6, 6.07) is 0. The monoisotopic (exact) mass is 250 g/mol. The molecule has 0 saturated carbocycles. The quantitative estimate of drug-likeness (QED) is 0.397. The third-order valence-corrected chi connectivity index (χ3v) is 5.86. The first-order valence-corrected chi connectivity index (χ1v) is 7.27. The highest BCUT2D eigenvalue weighted by Gasteiger charge is 2.54. The second kappa shape index (κ2) is 5.27. The van der Waals surface area contributed by atoms with Gasteiger partial charge in [-0.1, -0.05) is 6.42 Å². The van der Waals surface area contributed by atoms with Gasteiger partial charge in [-0.2, -0.15) is 0 Å². The van der Waals surface area contributed by atoms with Gasteiger partial charge in [-0.05, 0) is 19.4 Å². The Balaban J connectivity index is 2.85. The Morgan fingerprint density at radius 2 is 2.19 bits per heavy atom. The molecule has 1 saturated heterocycles. The van der Waals surface area contributed by atoms with Crippen LogP contribution in [-0.2, 0) is 9.36 Å². The molecule has 0 aliphatic carbocycles. The number of nitrogens with two attached hydrogens (primary N) is 1. The van der Waals surface area contributed by atoms with Crippen LogP contribution in [0.15, 0.2) is 0 Å². The Bertz CT molecular complexity index is 310. The van der Waals surface area contributed by atoms with E-state index in [1.165, 1.54) is 0 Å². The Hall–Kier alpha value is -0.420. The smallest absolute Gasteiger partial charge is 0.320 e. The van der Waals surface area contributed by atoms with E-state index in [0.717, 1.165) is 0 Å². The number of carboxylic acids is 1. The van der Waals surface area contributed by atoms with Crippen molar-refractivity contribution < 1.29 is 19.4 Å². The first-order valence-electron chi connectivity index (χ1n) is 5.42. The highest BCUT2D eigenvalue weighted by molar-refractivity contribution is 7.61. The van der Waals surface area contributed by atoms with Gasteiger partial charge in [0.15, 0.2) is 5.16 Å². The number of hydrogen-bond acceptors (Lipinski definition) is 4. The third-order valence-electron chi connectivity index (χ3n) is 3.12. The highest BCUT2D eigenvalue weighted by atomic mass is 31.2. The number of hydrogen-bond donors (Lipinski definition) is 4. The summed E-state index contributed by atoms with van der Waals surface area (Å²) in [5.41, 5.74) is 5.34. The molecule has 0 bridgehead atoms. The lowest BCUT2D eigenvalue weighted by Crippen LogP contribution is -2.52. The van der Waals surface area contributed by atoms with E-state index >= 15 is 0 Å². The van der Waals surface area contributed by atoms with E-state index in [2.05, 4.69) is 5.32 Å². The predicted octanol–water partition coefficient (Wildman–Crippen LogP) is -0.188. The first kappa shape index (κ1) is 13.6. The van der Waals surface area contributed by atoms with Crippen LogP contribution in [-0.4, -0.2) is 46.9 Å². The lowest BCUT2D eigenvalue weighted by molar-refractivity contribution is -0.140. The van der Waals surface area contributed by atoms with Gasteiger partial charge >= 0.3 is 5.97 Å². The Kier molecular flexibility index (Phi) is 4.50. The molecular weight excluding hydrogens is 231 g/mol. The largest absolute Gasteiger partial charge is 0.480 e. The molecule has 2 atom stereocenters. The summed E-state index contributed by atoms with van der Waals surface area (Å²) >= 11 is 0. The molecule has 94 valence electrons. The second-order valence-corrected chi connectivity index (χ2v) is 6.89. The number of carbonyl (C=O) groups is 1. The topological polar surface area (TPSA) is 113 Å². The number of aliphatic carboxylic acids is 1. The average Bonchev–Trinajstić information content (AvgIpc) is 2.20. The van der Waals surface area contributed by atoms with Crippen LogP contribution < -0.4 is 11.1 Å². The van der Waals surface area contributed by atoms with Gasteiger partial charge in [0.25, 0.3) is 0 Å². The van der Waals surface area contributed by atoms with Crippen molar-refractivity contribution in [2.45, 2.75) is 24.4 Å². The van der Waals surface area contributed by atoms with E-state index in [9.17, 15) is 19.4 Å². The van der Waals surface area contributed by atoms with Crippen LogP contribution in [0.4, 0.5) is 0 Å². The van der Waals surface area contributed by atoms with Gasteiger partial charge in [-0.15, -0.1) is 0 Å². The van der Waals surface area contributed by atoms with Crippen molar-refractivity contribution in [1.29, 1.82) is 0 Å². The zero-order chi connectivity index (χ0) is 12.2. The van der Waals surface area contributed by atoms with Crippen molar-refractivity contribution in [3.05, 3.63) is 0 Å². The molecule has 1 rings (SSSR count). The van der Waals surface area contributed by atoms with Crippen molar-refractivity contribution >= 4 is 13.3 Å². The Morgan fingerprint density at radius 1 is 1.50 bits per heavy atom. The van der Waals surface area contributed by atoms with Gasteiger partial charge in [0.2, 0.25) is 7.37 Å². The third kappa shape index (κ3) is 2.46. The van der Waals surface area contributed by atoms with Crippen LogP contribution >= 0.6 is 7.37 Å². The van der Waals surface area contributed by atoms with Crippen LogP contribution in [0.1, 0.15) is 19.3 Å². The second-order valence-electron chi connectivity index (χ2n) is 4.18. The van der Waals surface area contributed by atoms with E-state index < -0.39 is 18.5 Å². The van der Waals surface area contributed by atoms with Crippen molar-refractivity contribution in [3.8, 4) is 0 Å². The molecule has 7 heteroatoms. The Labute approximate surface area is 94.7 Å². The molecule has 0 spiro atoms. The summed E-state index contributed by atoms with van der Waals surface area (Å²) in [6.07, 6.45) is 1.48. The summed E-state index contributed by atoms with van der Waals surface area (Å²) in [7, 11) is -3.63. The summed E-state index contributed by atoms with van der Waals surface area (Å²) in [6.45, 7) is 0.944. The summed E-state index contributed by atoms with van der Waals surface area (Å²) in [5.74, 6) is -1.18. The number of rotatable bonds is 5. The van der Waals surface area contributed by atoms with Gasteiger partial charge in [0, 0.05) is 19.3 Å². The molecule has 1 heterocycles. The normalized spacial score (nSPS) is 34.9. The molecule has 0 aromatic heterocycles. The molecule has 0 radical (unpaired) electrons. The number of nitrogens with one attached hydrogen (secondary N) is 1. The molecule has 1 aliphatic rings. The lowest BCUT2D eigenvalue weighted by Gasteiger charge is -2.37. The van der Waals surface area contributed by atoms with Crippen LogP contribution in [0.3, 0.4) is 0 Å². The highest BCUT2D eigenvalue weighted by Crippen LogP contribution is 2.57. The van der Waals surface area contributed by atoms with E-state index in [1.807, 2.05) is 0 Å². The van der Waals surface area contributed by atoms with Crippen molar-refractivity contribution in [1.82, 2.24) is 5.32 Å². The molecule has 16 heavy (non-hydrogen) atoms. The fourth-order valence-electron chi connectivity index (χ4n) is 2.02. The Morgan fingerprint density at radius 3 is 2.69 bits per heavy atom. The molecule has 0 aromatic carbocycles. The molecular formula is C9H19N2O4P. The van der Waals surface area contributed by atoms with Crippen LogP contribution in [0.2, 0.25) is 0 Å². The minimum atomic E-state index is -3.63. The SMILES string of the molecule is NCCCCC1(C(=O)O)CNCCP1(=O)O. The number of carboxylic acid groups (broad SMARTS) is 1. The zero-order valence-electron chi connectivity index (χ0n) is 9.19. The number of unbranched alkanes of at least 4 members (excludes halogenated alkanes) is 1. The fraction of sp³-hybridized carbons (Fsp3) is 0.889. The van der Waals surface area contributed by atoms with Crippen LogP contribution in [0.25, 0.3) is 0 Å². The van der Waals surface area contributed by atoms with Gasteiger partial charge in [0.05, 0.1) is 0 Å². The molecule has 0 aromatic rings. The van der Waals surface area contributed by atoms with Crippen molar-refractivity contribution in [2.24, 2.45) is 5.73 Å². The van der Waals surface area contributed by atoms with Gasteiger partial charge in [-0.3, -0.25) is 9.36 Å². The van der Waals surface area contributed by atoms with Gasteiger partial charge in [-0.25, -0.2) is 0 Å².